The van der Waals surface area contributed by atoms with Crippen molar-refractivity contribution >= 4 is 17.7 Å². The van der Waals surface area contributed by atoms with Crippen LogP contribution in [0.5, 0.6) is 0 Å². The van der Waals surface area contributed by atoms with Crippen LogP contribution in [0.2, 0.25) is 0 Å². The van der Waals surface area contributed by atoms with E-state index in [2.05, 4.69) is 18.7 Å². The highest BCUT2D eigenvalue weighted by Gasteiger charge is 2.39. The van der Waals surface area contributed by atoms with E-state index in [1.165, 1.54) is 12.2 Å². The molecule has 0 spiro atoms. The lowest BCUT2D eigenvalue weighted by atomic mass is 9.99. The van der Waals surface area contributed by atoms with E-state index in [4.69, 9.17) is 5.11 Å². The summed E-state index contributed by atoms with van der Waals surface area (Å²) >= 11 is 2.01. The van der Waals surface area contributed by atoms with Crippen LogP contribution in [0, 0.1) is 11.8 Å². The molecule has 0 bridgehead atoms. The summed E-state index contributed by atoms with van der Waals surface area (Å²) in [7, 11) is 0. The highest BCUT2D eigenvalue weighted by atomic mass is 32.2. The lowest BCUT2D eigenvalue weighted by Crippen LogP contribution is -2.34. The average Bonchev–Trinajstić information content (AvgIpc) is 2.71. The van der Waals surface area contributed by atoms with Gasteiger partial charge in [-0.15, -0.1) is 0 Å². The molecular formula is C11H19NO2S. The van der Waals surface area contributed by atoms with Gasteiger partial charge < -0.3 is 5.11 Å². The van der Waals surface area contributed by atoms with Crippen LogP contribution in [0.15, 0.2) is 0 Å². The molecule has 2 heterocycles. The number of aliphatic carboxylic acids is 1. The van der Waals surface area contributed by atoms with Gasteiger partial charge in [-0.1, -0.05) is 13.8 Å². The first kappa shape index (κ1) is 11.3. The Bertz CT molecular complexity index is 259. The summed E-state index contributed by atoms with van der Waals surface area (Å²) in [6.45, 7) is 6.05. The van der Waals surface area contributed by atoms with Crippen LogP contribution in [0.4, 0.5) is 0 Å². The summed E-state index contributed by atoms with van der Waals surface area (Å²) in [6, 6.07) is 0.622. The molecule has 2 aliphatic heterocycles. The van der Waals surface area contributed by atoms with E-state index in [1.54, 1.807) is 0 Å². The van der Waals surface area contributed by atoms with Crippen molar-refractivity contribution in [2.75, 3.05) is 18.8 Å². The van der Waals surface area contributed by atoms with Crippen molar-refractivity contribution in [3.8, 4) is 0 Å². The van der Waals surface area contributed by atoms with Crippen molar-refractivity contribution in [2.45, 2.75) is 31.6 Å². The van der Waals surface area contributed by atoms with Gasteiger partial charge >= 0.3 is 5.97 Å². The molecule has 0 aliphatic carbocycles. The van der Waals surface area contributed by atoms with Gasteiger partial charge in [0.15, 0.2) is 0 Å². The minimum Gasteiger partial charge on any atom is -0.481 e. The maximum Gasteiger partial charge on any atom is 0.308 e. The number of nitrogens with zero attached hydrogens (tertiary/aromatic N) is 1. The van der Waals surface area contributed by atoms with Crippen molar-refractivity contribution in [2.24, 2.45) is 11.8 Å². The van der Waals surface area contributed by atoms with Crippen molar-refractivity contribution in [1.82, 2.24) is 4.90 Å². The third-order valence-corrected chi connectivity index (χ3v) is 4.99. The molecule has 4 atom stereocenters. The van der Waals surface area contributed by atoms with Gasteiger partial charge in [0.2, 0.25) is 0 Å². The van der Waals surface area contributed by atoms with Gasteiger partial charge in [0.1, 0.15) is 0 Å². The quantitative estimate of drug-likeness (QED) is 0.779. The van der Waals surface area contributed by atoms with E-state index in [0.29, 0.717) is 12.0 Å². The Kier molecular flexibility index (Phi) is 3.26. The molecule has 0 aromatic heterocycles. The first-order chi connectivity index (χ1) is 7.08. The van der Waals surface area contributed by atoms with Gasteiger partial charge in [-0.25, -0.2) is 0 Å². The second-order valence-electron chi connectivity index (χ2n) is 4.91. The molecule has 2 saturated heterocycles. The molecule has 0 saturated carbocycles. The van der Waals surface area contributed by atoms with E-state index in [1.807, 2.05) is 11.8 Å². The normalized spacial score (nSPS) is 42.3. The molecule has 0 amide bonds. The molecule has 4 heteroatoms. The number of carboxylic acid groups (broad SMARTS) is 1. The van der Waals surface area contributed by atoms with Gasteiger partial charge in [0.05, 0.1) is 5.92 Å². The number of thioether (sulfide) groups is 1. The Hall–Kier alpha value is -0.220. The highest BCUT2D eigenvalue weighted by Crippen LogP contribution is 2.34. The van der Waals surface area contributed by atoms with E-state index in [9.17, 15) is 4.79 Å². The second-order valence-corrected chi connectivity index (χ2v) is 6.38. The fourth-order valence-electron chi connectivity index (χ4n) is 2.67. The van der Waals surface area contributed by atoms with Crippen LogP contribution in [0.25, 0.3) is 0 Å². The predicted octanol–water partition coefficient (Wildman–Crippen LogP) is 1.53. The van der Waals surface area contributed by atoms with Gasteiger partial charge in [0, 0.05) is 30.1 Å². The van der Waals surface area contributed by atoms with Crippen LogP contribution in [0.3, 0.4) is 0 Å². The van der Waals surface area contributed by atoms with Gasteiger partial charge in [0.25, 0.3) is 0 Å². The van der Waals surface area contributed by atoms with Crippen LogP contribution in [-0.4, -0.2) is 46.1 Å². The fourth-order valence-corrected chi connectivity index (χ4v) is 3.93. The number of likely N-dealkylation sites (tertiary alicyclic amines) is 1. The van der Waals surface area contributed by atoms with Crippen LogP contribution >= 0.6 is 11.8 Å². The summed E-state index contributed by atoms with van der Waals surface area (Å²) in [4.78, 5) is 13.4. The van der Waals surface area contributed by atoms with Crippen LogP contribution < -0.4 is 0 Å². The topological polar surface area (TPSA) is 40.5 Å². The summed E-state index contributed by atoms with van der Waals surface area (Å²) in [5.41, 5.74) is 0. The van der Waals surface area contributed by atoms with Crippen molar-refractivity contribution in [3.05, 3.63) is 0 Å². The Morgan fingerprint density at radius 2 is 2.13 bits per heavy atom. The largest absolute Gasteiger partial charge is 0.481 e. The third kappa shape index (κ3) is 2.31. The molecule has 0 aromatic carbocycles. The molecule has 86 valence electrons. The summed E-state index contributed by atoms with van der Waals surface area (Å²) in [5, 5.41) is 9.81. The van der Waals surface area contributed by atoms with Crippen LogP contribution in [0.1, 0.15) is 20.3 Å². The minimum atomic E-state index is -0.622. The SMILES string of the molecule is CC1CC(N2CC(C)C(C(=O)O)C2)CS1. The summed E-state index contributed by atoms with van der Waals surface area (Å²) in [6.07, 6.45) is 1.23. The number of carboxylic acids is 1. The number of carbonyl (C=O) groups is 1. The molecule has 3 nitrogen and oxygen atoms in total. The van der Waals surface area contributed by atoms with E-state index in [0.717, 1.165) is 18.3 Å². The van der Waals surface area contributed by atoms with Gasteiger partial charge in [-0.2, -0.15) is 11.8 Å². The zero-order valence-corrected chi connectivity index (χ0v) is 10.2. The number of hydrogen-bond acceptors (Lipinski definition) is 3. The predicted molar refractivity (Wildman–Crippen MR) is 62.2 cm³/mol. The fraction of sp³-hybridized carbons (Fsp3) is 0.909. The lowest BCUT2D eigenvalue weighted by Gasteiger charge is -2.22. The van der Waals surface area contributed by atoms with Gasteiger partial charge in [-0.05, 0) is 12.3 Å². The second kappa shape index (κ2) is 4.34. The Morgan fingerprint density at radius 1 is 1.40 bits per heavy atom. The molecule has 2 rings (SSSR count). The number of rotatable bonds is 2. The zero-order valence-electron chi connectivity index (χ0n) is 9.35. The minimum absolute atomic E-state index is 0.147. The third-order valence-electron chi connectivity index (χ3n) is 3.65. The summed E-state index contributed by atoms with van der Waals surface area (Å²) in [5.74, 6) is 0.721. The average molecular weight is 229 g/mol. The molecule has 0 radical (unpaired) electrons. The monoisotopic (exact) mass is 229 g/mol. The molecule has 4 unspecified atom stereocenters. The first-order valence-electron chi connectivity index (χ1n) is 5.66. The van der Waals surface area contributed by atoms with Gasteiger partial charge in [-0.3, -0.25) is 9.69 Å². The Balaban J connectivity index is 1.94. The number of hydrogen-bond donors (Lipinski definition) is 1. The molecule has 1 N–H and O–H groups in total. The van der Waals surface area contributed by atoms with Crippen LogP contribution in [-0.2, 0) is 4.79 Å². The Morgan fingerprint density at radius 3 is 2.60 bits per heavy atom. The first-order valence-corrected chi connectivity index (χ1v) is 6.71. The Labute approximate surface area is 95.2 Å². The van der Waals surface area contributed by atoms with E-state index in [-0.39, 0.29) is 5.92 Å². The maximum atomic E-state index is 11.0. The highest BCUT2D eigenvalue weighted by molar-refractivity contribution is 8.00. The van der Waals surface area contributed by atoms with E-state index >= 15 is 0 Å². The molecule has 2 aliphatic rings. The van der Waals surface area contributed by atoms with Crippen molar-refractivity contribution < 1.29 is 9.90 Å². The molecular weight excluding hydrogens is 210 g/mol. The van der Waals surface area contributed by atoms with Crippen molar-refractivity contribution in [1.29, 1.82) is 0 Å². The zero-order chi connectivity index (χ0) is 11.0. The maximum absolute atomic E-state index is 11.0. The van der Waals surface area contributed by atoms with Crippen molar-refractivity contribution in [3.63, 3.8) is 0 Å². The van der Waals surface area contributed by atoms with E-state index < -0.39 is 5.97 Å². The molecule has 0 aromatic rings. The smallest absolute Gasteiger partial charge is 0.308 e. The molecule has 15 heavy (non-hydrogen) atoms. The summed E-state index contributed by atoms with van der Waals surface area (Å²) < 4.78 is 0. The standard InChI is InChI=1S/C11H19NO2S/c1-7-4-12(5-10(7)11(13)14)9-3-8(2)15-6-9/h7-10H,3-6H2,1-2H3,(H,13,14). The lowest BCUT2D eigenvalue weighted by molar-refractivity contribution is -0.142. The molecule has 2 fully saturated rings.